The van der Waals surface area contributed by atoms with Gasteiger partial charge in [-0.1, -0.05) is 243 Å². The lowest BCUT2D eigenvalue weighted by Crippen LogP contribution is -2.28. The van der Waals surface area contributed by atoms with Crippen molar-refractivity contribution in [3.63, 3.8) is 0 Å². The Hall–Kier alpha value is -9.76. The molecule has 12 aromatic carbocycles. The molecule has 0 saturated carbocycles. The highest BCUT2D eigenvalue weighted by molar-refractivity contribution is 6.10. The second-order valence-corrected chi connectivity index (χ2v) is 20.3. The third-order valence-corrected chi connectivity index (χ3v) is 16.5. The Balaban J connectivity index is 0.948. The van der Waals surface area contributed by atoms with Crippen LogP contribution in [-0.2, 0) is 10.8 Å². The number of anilines is 3. The highest BCUT2D eigenvalue weighted by atomic mass is 15.1. The van der Waals surface area contributed by atoms with E-state index in [9.17, 15) is 0 Å². The van der Waals surface area contributed by atoms with E-state index in [-0.39, 0.29) is 0 Å². The molecule has 0 aliphatic heterocycles. The molecule has 15 rings (SSSR count). The van der Waals surface area contributed by atoms with E-state index < -0.39 is 10.8 Å². The lowest BCUT2D eigenvalue weighted by atomic mass is 9.67. The van der Waals surface area contributed by atoms with Crippen molar-refractivity contribution < 1.29 is 0 Å². The Morgan fingerprint density at radius 1 is 0.250 bits per heavy atom. The third kappa shape index (κ3) is 6.41. The average molecular weight is 967 g/mol. The molecule has 0 radical (unpaired) electrons. The van der Waals surface area contributed by atoms with Gasteiger partial charge in [-0.3, -0.25) is 0 Å². The van der Waals surface area contributed by atoms with E-state index in [2.05, 4.69) is 313 Å². The molecule has 0 spiro atoms. The maximum Gasteiger partial charge on any atom is 0.0714 e. The molecule has 0 amide bonds. The SMILES string of the molecule is c1ccc(-n2c3ccccc3c3ccc(-c4ccc(N(c5ccc6c(c5)-c5ccccc5C6(c5ccccc5)c5ccccc5)c5ccc6c(c5)C(c5ccccc5)(c5ccccc5)c5ccccc5-6)cc4)cc32)cc1. The van der Waals surface area contributed by atoms with E-state index in [1.807, 2.05) is 0 Å². The maximum atomic E-state index is 2.49. The van der Waals surface area contributed by atoms with Gasteiger partial charge in [-0.25, -0.2) is 0 Å². The van der Waals surface area contributed by atoms with Gasteiger partial charge in [0.2, 0.25) is 0 Å². The topological polar surface area (TPSA) is 8.17 Å². The molecular weight excluding hydrogens is 917 g/mol. The minimum absolute atomic E-state index is 0.503. The van der Waals surface area contributed by atoms with Crippen LogP contribution in [0.2, 0.25) is 0 Å². The van der Waals surface area contributed by atoms with Crippen molar-refractivity contribution in [2.75, 3.05) is 4.90 Å². The Bertz CT molecular complexity index is 4230. The maximum absolute atomic E-state index is 2.49. The molecule has 0 fully saturated rings. The van der Waals surface area contributed by atoms with Crippen molar-refractivity contribution in [1.82, 2.24) is 4.57 Å². The van der Waals surface area contributed by atoms with E-state index in [1.165, 1.54) is 94.1 Å². The van der Waals surface area contributed by atoms with Crippen LogP contribution in [0, 0.1) is 0 Å². The predicted octanol–water partition coefficient (Wildman–Crippen LogP) is 18.6. The number of hydrogen-bond donors (Lipinski definition) is 0. The summed E-state index contributed by atoms with van der Waals surface area (Å²) in [6.07, 6.45) is 0. The summed E-state index contributed by atoms with van der Waals surface area (Å²) < 4.78 is 2.40. The molecule has 0 unspecified atom stereocenters. The summed E-state index contributed by atoms with van der Waals surface area (Å²) in [5.74, 6) is 0. The highest BCUT2D eigenvalue weighted by Gasteiger charge is 2.48. The molecule has 2 nitrogen and oxygen atoms in total. The normalized spacial score (nSPS) is 13.5. The van der Waals surface area contributed by atoms with E-state index in [0.717, 1.165) is 28.3 Å². The fraction of sp³-hybridized carbons (Fsp3) is 0.0270. The number of rotatable bonds is 9. The lowest BCUT2D eigenvalue weighted by molar-refractivity contribution is 0.768. The molecule has 76 heavy (non-hydrogen) atoms. The zero-order chi connectivity index (χ0) is 50.2. The van der Waals surface area contributed by atoms with Gasteiger partial charge in [0.1, 0.15) is 0 Å². The number of hydrogen-bond acceptors (Lipinski definition) is 1. The van der Waals surface area contributed by atoms with Crippen molar-refractivity contribution in [2.24, 2.45) is 0 Å². The van der Waals surface area contributed by atoms with E-state index in [1.54, 1.807) is 0 Å². The van der Waals surface area contributed by atoms with Crippen LogP contribution in [0.25, 0.3) is 60.9 Å². The van der Waals surface area contributed by atoms with Crippen LogP contribution in [0.4, 0.5) is 17.1 Å². The first kappa shape index (κ1) is 43.8. The van der Waals surface area contributed by atoms with Gasteiger partial charge in [-0.15, -0.1) is 0 Å². The quantitative estimate of drug-likeness (QED) is 0.140. The molecule has 2 aliphatic carbocycles. The fourth-order valence-corrected chi connectivity index (χ4v) is 13.4. The molecule has 0 bridgehead atoms. The molecule has 0 N–H and O–H groups in total. The Morgan fingerprint density at radius 2 is 0.671 bits per heavy atom. The fourth-order valence-electron chi connectivity index (χ4n) is 13.4. The second kappa shape index (κ2) is 17.4. The van der Waals surface area contributed by atoms with Gasteiger partial charge >= 0.3 is 0 Å². The smallest absolute Gasteiger partial charge is 0.0714 e. The summed E-state index contributed by atoms with van der Waals surface area (Å²) in [7, 11) is 0. The predicted molar refractivity (Wildman–Crippen MR) is 316 cm³/mol. The van der Waals surface area contributed by atoms with Crippen LogP contribution in [0.1, 0.15) is 44.5 Å². The molecule has 13 aromatic rings. The summed E-state index contributed by atoms with van der Waals surface area (Å²) in [5, 5.41) is 2.50. The van der Waals surface area contributed by atoms with Gasteiger partial charge in [0.25, 0.3) is 0 Å². The zero-order valence-corrected chi connectivity index (χ0v) is 41.8. The van der Waals surface area contributed by atoms with Crippen LogP contribution in [-0.4, -0.2) is 4.57 Å². The second-order valence-electron chi connectivity index (χ2n) is 20.3. The van der Waals surface area contributed by atoms with Crippen LogP contribution < -0.4 is 4.90 Å². The summed E-state index contributed by atoms with van der Waals surface area (Å²) in [4.78, 5) is 2.48. The van der Waals surface area contributed by atoms with Gasteiger partial charge in [-0.2, -0.15) is 0 Å². The summed E-state index contributed by atoms with van der Waals surface area (Å²) in [5.41, 5.74) is 23.2. The zero-order valence-electron chi connectivity index (χ0n) is 41.8. The molecule has 356 valence electrons. The molecule has 1 heterocycles. The molecule has 0 atom stereocenters. The first-order valence-corrected chi connectivity index (χ1v) is 26.4. The van der Waals surface area contributed by atoms with Gasteiger partial charge in [0, 0.05) is 33.5 Å². The van der Waals surface area contributed by atoms with Crippen molar-refractivity contribution >= 4 is 38.9 Å². The van der Waals surface area contributed by atoms with Crippen LogP contribution in [0.3, 0.4) is 0 Å². The molecule has 2 heteroatoms. The van der Waals surface area contributed by atoms with E-state index in [0.29, 0.717) is 0 Å². The first-order valence-electron chi connectivity index (χ1n) is 26.4. The van der Waals surface area contributed by atoms with Crippen molar-refractivity contribution in [2.45, 2.75) is 10.8 Å². The van der Waals surface area contributed by atoms with Crippen molar-refractivity contribution in [1.29, 1.82) is 0 Å². The van der Waals surface area contributed by atoms with Crippen LogP contribution >= 0.6 is 0 Å². The van der Waals surface area contributed by atoms with Gasteiger partial charge in [0.15, 0.2) is 0 Å². The van der Waals surface area contributed by atoms with E-state index >= 15 is 0 Å². The lowest BCUT2D eigenvalue weighted by Gasteiger charge is -2.35. The van der Waals surface area contributed by atoms with Crippen molar-refractivity contribution in [3.05, 3.63) is 348 Å². The van der Waals surface area contributed by atoms with Crippen LogP contribution in [0.15, 0.2) is 303 Å². The molecule has 2 aliphatic rings. The summed E-state index contributed by atoms with van der Waals surface area (Å²) in [6.45, 7) is 0. The highest BCUT2D eigenvalue weighted by Crippen LogP contribution is 2.59. The number of nitrogens with zero attached hydrogens (tertiary/aromatic N) is 2. The molecule has 0 saturated heterocycles. The van der Waals surface area contributed by atoms with Gasteiger partial charge < -0.3 is 9.47 Å². The minimum Gasteiger partial charge on any atom is -0.310 e. The number of aromatic nitrogens is 1. The minimum atomic E-state index is -0.553. The summed E-state index contributed by atoms with van der Waals surface area (Å²) >= 11 is 0. The van der Waals surface area contributed by atoms with Gasteiger partial charge in [0.05, 0.1) is 21.9 Å². The Labute approximate surface area is 443 Å². The summed E-state index contributed by atoms with van der Waals surface area (Å²) in [6, 6.07) is 113. The third-order valence-electron chi connectivity index (χ3n) is 16.5. The van der Waals surface area contributed by atoms with Crippen LogP contribution in [0.5, 0.6) is 0 Å². The molecular formula is C74H50N2. The number of fused-ring (bicyclic) bond motifs is 9. The van der Waals surface area contributed by atoms with Crippen molar-refractivity contribution in [3.8, 4) is 39.1 Å². The number of para-hydroxylation sites is 2. The molecule has 1 aromatic heterocycles. The monoisotopic (exact) mass is 966 g/mol. The standard InChI is InChI=1S/C74H50N2/c1-6-22-53(23-7-1)73(54-24-8-2-9-25-54)68-36-20-17-33-62(68)66-49-59(44-47-69(66)73)75(58-41-38-51(39-42-58)52-40-45-65-64-34-18-21-37-71(64)76(72(65)48-52)57-30-14-5-15-31-57)60-43-46-63-61-32-16-19-35-67(61)74(70(63)50-60,55-26-10-3-11-27-55)56-28-12-4-13-29-56/h1-50H. The first-order chi connectivity index (χ1) is 37.7. The largest absolute Gasteiger partial charge is 0.310 e. The van der Waals surface area contributed by atoms with Gasteiger partial charge in [-0.05, 0) is 139 Å². The average Bonchev–Trinajstić information content (AvgIpc) is 4.27. The Kier molecular flexibility index (Phi) is 10.0. The number of benzene rings is 12. The van der Waals surface area contributed by atoms with E-state index in [4.69, 9.17) is 0 Å². The Morgan fingerprint density at radius 3 is 1.28 bits per heavy atom.